The molecule has 7 nitrogen and oxygen atoms in total. The van der Waals surface area contributed by atoms with Gasteiger partial charge in [-0.25, -0.2) is 13.8 Å². The van der Waals surface area contributed by atoms with Crippen LogP contribution < -0.4 is 16.4 Å². The molecular formula is C39H32F2N4O3S2. The van der Waals surface area contributed by atoms with Crippen molar-refractivity contribution in [2.24, 2.45) is 0 Å². The predicted octanol–water partition coefficient (Wildman–Crippen LogP) is 9.62. The van der Waals surface area contributed by atoms with Crippen LogP contribution in [0, 0.1) is 11.6 Å². The minimum absolute atomic E-state index is 0.0278. The summed E-state index contributed by atoms with van der Waals surface area (Å²) in [5.41, 5.74) is 11.4. The molecular weight excluding hydrogens is 675 g/mol. The standard InChI is InChI=1S/C20H16FNO2S.C19H16FN3OS/c1-25-17-9-4-14(5-10-17)20(24)22-18-12-15(6-11-19(18)23)13-2-7-16(21)8-3-13;1-25-18-9-5-14(11-22-18)19(24)23-17-10-13(4-8-16(17)21)12-2-6-15(20)7-3-12/h2-12,23H,1H3,(H,22,24);2-11H,21H2,1H3,(H,23,24). The van der Waals surface area contributed by atoms with Crippen LogP contribution in [0.15, 0.2) is 137 Å². The highest BCUT2D eigenvalue weighted by Gasteiger charge is 2.12. The number of nitrogens with one attached hydrogen (secondary N) is 2. The molecule has 0 radical (unpaired) electrons. The molecule has 11 heteroatoms. The van der Waals surface area contributed by atoms with E-state index < -0.39 is 0 Å². The molecule has 6 aromatic rings. The Balaban J connectivity index is 0.000000194. The van der Waals surface area contributed by atoms with Crippen molar-refractivity contribution in [3.63, 3.8) is 0 Å². The van der Waals surface area contributed by atoms with Gasteiger partial charge in [-0.3, -0.25) is 9.59 Å². The first-order valence-electron chi connectivity index (χ1n) is 15.1. The number of nitrogens with two attached hydrogens (primary N) is 1. The largest absolute Gasteiger partial charge is 0.506 e. The van der Waals surface area contributed by atoms with E-state index in [1.807, 2.05) is 30.7 Å². The number of carbonyl (C=O) groups excluding carboxylic acids is 2. The third-order valence-electron chi connectivity index (χ3n) is 7.46. The molecule has 252 valence electrons. The third kappa shape index (κ3) is 9.28. The van der Waals surface area contributed by atoms with Crippen molar-refractivity contribution in [2.45, 2.75) is 9.92 Å². The van der Waals surface area contributed by atoms with E-state index in [2.05, 4.69) is 15.6 Å². The Kier molecular flexibility index (Phi) is 11.9. The van der Waals surface area contributed by atoms with E-state index in [1.165, 1.54) is 48.3 Å². The number of aromatic nitrogens is 1. The Labute approximate surface area is 297 Å². The molecule has 5 N–H and O–H groups in total. The number of hydrogen-bond acceptors (Lipinski definition) is 7. The summed E-state index contributed by atoms with van der Waals surface area (Å²) in [6, 6.07) is 33.1. The van der Waals surface area contributed by atoms with Crippen molar-refractivity contribution in [1.29, 1.82) is 0 Å². The number of amides is 2. The van der Waals surface area contributed by atoms with Gasteiger partial charge in [0.05, 0.1) is 27.7 Å². The molecule has 0 atom stereocenters. The number of nitrogen functional groups attached to an aromatic ring is 1. The smallest absolute Gasteiger partial charge is 0.257 e. The van der Waals surface area contributed by atoms with Crippen LogP contribution in [0.25, 0.3) is 22.3 Å². The molecule has 1 heterocycles. The molecule has 6 rings (SSSR count). The second kappa shape index (κ2) is 16.6. The van der Waals surface area contributed by atoms with Gasteiger partial charge in [0.2, 0.25) is 0 Å². The molecule has 0 aliphatic rings. The molecule has 2 amide bonds. The van der Waals surface area contributed by atoms with E-state index in [1.54, 1.807) is 84.6 Å². The number of aromatic hydroxyl groups is 1. The highest BCUT2D eigenvalue weighted by molar-refractivity contribution is 7.98. The zero-order valence-electron chi connectivity index (χ0n) is 27.0. The van der Waals surface area contributed by atoms with Gasteiger partial charge in [0.1, 0.15) is 17.4 Å². The van der Waals surface area contributed by atoms with Gasteiger partial charge in [-0.1, -0.05) is 36.4 Å². The van der Waals surface area contributed by atoms with Gasteiger partial charge in [-0.05, 0) is 120 Å². The second-order valence-electron chi connectivity index (χ2n) is 10.8. The lowest BCUT2D eigenvalue weighted by molar-refractivity contribution is 0.101. The summed E-state index contributed by atoms with van der Waals surface area (Å²) in [6.07, 6.45) is 5.42. The first kappa shape index (κ1) is 35.7. The van der Waals surface area contributed by atoms with Crippen molar-refractivity contribution >= 4 is 52.4 Å². The SMILES string of the molecule is CSc1ccc(C(=O)Nc2cc(-c3ccc(F)cc3)ccc2N)cn1.CSc1ccc(C(=O)Nc2cc(-c3ccc(F)cc3)ccc2O)cc1. The van der Waals surface area contributed by atoms with Crippen molar-refractivity contribution < 1.29 is 23.5 Å². The van der Waals surface area contributed by atoms with Crippen LogP contribution in [0.5, 0.6) is 5.75 Å². The van der Waals surface area contributed by atoms with Gasteiger partial charge in [0, 0.05) is 16.7 Å². The normalized spacial score (nSPS) is 10.5. The van der Waals surface area contributed by atoms with Crippen LogP contribution in [0.2, 0.25) is 0 Å². The number of phenols is 1. The molecule has 0 aliphatic carbocycles. The van der Waals surface area contributed by atoms with Gasteiger partial charge in [0.15, 0.2) is 0 Å². The summed E-state index contributed by atoms with van der Waals surface area (Å²) in [5, 5.41) is 16.4. The van der Waals surface area contributed by atoms with Gasteiger partial charge < -0.3 is 21.5 Å². The van der Waals surface area contributed by atoms with Crippen LogP contribution in [0.1, 0.15) is 20.7 Å². The number of hydrogen-bond donors (Lipinski definition) is 4. The Hall–Kier alpha value is -5.65. The van der Waals surface area contributed by atoms with Crippen LogP contribution in [-0.4, -0.2) is 34.4 Å². The number of rotatable bonds is 8. The lowest BCUT2D eigenvalue weighted by Gasteiger charge is -2.11. The first-order chi connectivity index (χ1) is 24.1. The quantitative estimate of drug-likeness (QED) is 0.0708. The van der Waals surface area contributed by atoms with Gasteiger partial charge in [-0.2, -0.15) is 0 Å². The number of halogens is 2. The molecule has 1 aromatic heterocycles. The molecule has 0 aliphatic heterocycles. The third-order valence-corrected chi connectivity index (χ3v) is 8.86. The number of thioether (sulfide) groups is 2. The summed E-state index contributed by atoms with van der Waals surface area (Å²) in [7, 11) is 0. The van der Waals surface area contributed by atoms with E-state index in [0.717, 1.165) is 32.2 Å². The van der Waals surface area contributed by atoms with Crippen LogP contribution >= 0.6 is 23.5 Å². The number of phenolic OH excluding ortho intramolecular Hbond substituents is 1. The molecule has 0 bridgehead atoms. The predicted molar refractivity (Wildman–Crippen MR) is 200 cm³/mol. The molecule has 0 saturated heterocycles. The highest BCUT2D eigenvalue weighted by Crippen LogP contribution is 2.31. The van der Waals surface area contributed by atoms with E-state index in [-0.39, 0.29) is 29.2 Å². The fourth-order valence-corrected chi connectivity index (χ4v) is 5.48. The topological polar surface area (TPSA) is 117 Å². The molecule has 0 saturated carbocycles. The molecule has 0 unspecified atom stereocenters. The van der Waals surface area contributed by atoms with E-state index >= 15 is 0 Å². The maximum Gasteiger partial charge on any atom is 0.257 e. The molecule has 5 aromatic carbocycles. The second-order valence-corrected chi connectivity index (χ2v) is 12.5. The van der Waals surface area contributed by atoms with Gasteiger partial charge in [0.25, 0.3) is 11.8 Å². The Bertz CT molecular complexity index is 1940. The minimum atomic E-state index is -0.315. The first-order valence-corrected chi connectivity index (χ1v) is 17.6. The Morgan fingerprint density at radius 2 is 1.12 bits per heavy atom. The minimum Gasteiger partial charge on any atom is -0.506 e. The van der Waals surface area contributed by atoms with Crippen molar-refractivity contribution in [3.05, 3.63) is 150 Å². The number of nitrogens with zero attached hydrogens (tertiary/aromatic N) is 1. The molecule has 0 fully saturated rings. The van der Waals surface area contributed by atoms with Crippen molar-refractivity contribution in [1.82, 2.24) is 4.98 Å². The molecule has 0 spiro atoms. The zero-order chi connectivity index (χ0) is 35.6. The van der Waals surface area contributed by atoms with Gasteiger partial charge in [-0.15, -0.1) is 23.5 Å². The summed E-state index contributed by atoms with van der Waals surface area (Å²) in [4.78, 5) is 30.0. The Morgan fingerprint density at radius 3 is 1.66 bits per heavy atom. The number of anilines is 3. The van der Waals surface area contributed by atoms with E-state index in [4.69, 9.17) is 5.73 Å². The van der Waals surface area contributed by atoms with Crippen LogP contribution in [-0.2, 0) is 0 Å². The fourth-order valence-electron chi connectivity index (χ4n) is 4.71. The monoisotopic (exact) mass is 706 g/mol. The number of pyridine rings is 1. The van der Waals surface area contributed by atoms with Crippen molar-refractivity contribution in [3.8, 4) is 28.0 Å². The lowest BCUT2D eigenvalue weighted by Crippen LogP contribution is -2.13. The summed E-state index contributed by atoms with van der Waals surface area (Å²) >= 11 is 3.10. The van der Waals surface area contributed by atoms with Crippen LogP contribution in [0.3, 0.4) is 0 Å². The fraction of sp³-hybridized carbons (Fsp3) is 0.0513. The summed E-state index contributed by atoms with van der Waals surface area (Å²) < 4.78 is 26.1. The summed E-state index contributed by atoms with van der Waals surface area (Å²) in [6.45, 7) is 0. The summed E-state index contributed by atoms with van der Waals surface area (Å²) in [5.74, 6) is -1.24. The lowest BCUT2D eigenvalue weighted by atomic mass is 10.0. The maximum absolute atomic E-state index is 13.1. The van der Waals surface area contributed by atoms with E-state index in [9.17, 15) is 23.5 Å². The Morgan fingerprint density at radius 1 is 0.620 bits per heavy atom. The average molecular weight is 707 g/mol. The maximum atomic E-state index is 13.1. The highest BCUT2D eigenvalue weighted by atomic mass is 32.2. The number of carbonyl (C=O) groups is 2. The average Bonchev–Trinajstić information content (AvgIpc) is 3.14. The van der Waals surface area contributed by atoms with E-state index in [0.29, 0.717) is 28.2 Å². The van der Waals surface area contributed by atoms with Crippen molar-refractivity contribution in [2.75, 3.05) is 28.9 Å². The number of benzene rings is 5. The van der Waals surface area contributed by atoms with Gasteiger partial charge >= 0.3 is 0 Å². The molecule has 50 heavy (non-hydrogen) atoms. The van der Waals surface area contributed by atoms with Crippen LogP contribution in [0.4, 0.5) is 25.8 Å². The zero-order valence-corrected chi connectivity index (χ0v) is 28.6.